The maximum atomic E-state index is 13.5. The van der Waals surface area contributed by atoms with Crippen LogP contribution in [0, 0.1) is 0 Å². The predicted molar refractivity (Wildman–Crippen MR) is 170 cm³/mol. The Balaban J connectivity index is 1.42. The van der Waals surface area contributed by atoms with E-state index < -0.39 is 30.0 Å². The molecule has 1 aromatic heterocycles. The molecule has 0 aliphatic carbocycles. The maximum Gasteiger partial charge on any atom is 0.326 e. The van der Waals surface area contributed by atoms with Crippen molar-refractivity contribution >= 4 is 46.2 Å². The highest BCUT2D eigenvalue weighted by Crippen LogP contribution is 2.43. The molecule has 14 heteroatoms. The Morgan fingerprint density at radius 2 is 1.80 bits per heavy atom. The number of carboxylic acids is 1. The molecule has 0 bridgehead atoms. The van der Waals surface area contributed by atoms with Crippen LogP contribution in [0.3, 0.4) is 0 Å². The number of fused-ring (bicyclic) bond motifs is 2. The number of carboxylic acid groups (broad SMARTS) is 1. The van der Waals surface area contributed by atoms with Crippen molar-refractivity contribution in [3.8, 4) is 40.1 Å². The van der Waals surface area contributed by atoms with Gasteiger partial charge in [0.25, 0.3) is 11.8 Å². The second kappa shape index (κ2) is 14.2. The first-order valence-corrected chi connectivity index (χ1v) is 15.3. The second-order valence-corrected chi connectivity index (χ2v) is 10.9. The normalized spacial score (nSPS) is 12.3. The fraction of sp³-hybridized carbons (Fsp3) is 0.250. The van der Waals surface area contributed by atoms with Gasteiger partial charge >= 0.3 is 5.97 Å². The third-order valence-electron chi connectivity index (χ3n) is 6.95. The zero-order valence-electron chi connectivity index (χ0n) is 25.0. The van der Waals surface area contributed by atoms with E-state index in [1.54, 1.807) is 42.5 Å². The van der Waals surface area contributed by atoms with Gasteiger partial charge in [-0.3, -0.25) is 14.4 Å². The van der Waals surface area contributed by atoms with Crippen LogP contribution >= 0.6 is 11.8 Å². The van der Waals surface area contributed by atoms with E-state index in [4.69, 9.17) is 28.1 Å². The van der Waals surface area contributed by atoms with E-state index in [1.807, 2.05) is 6.26 Å². The summed E-state index contributed by atoms with van der Waals surface area (Å²) in [5, 5.41) is 14.7. The molecule has 2 amide bonds. The first-order chi connectivity index (χ1) is 22.2. The number of rotatable bonds is 13. The Kier molecular flexibility index (Phi) is 9.86. The van der Waals surface area contributed by atoms with E-state index in [0.29, 0.717) is 34.1 Å². The average Bonchev–Trinajstić information content (AvgIpc) is 3.53. The highest BCUT2D eigenvalue weighted by Gasteiger charge is 2.24. The lowest BCUT2D eigenvalue weighted by atomic mass is 10.1. The van der Waals surface area contributed by atoms with Gasteiger partial charge < -0.3 is 43.8 Å². The van der Waals surface area contributed by atoms with Crippen LogP contribution in [-0.2, 0) is 9.59 Å². The van der Waals surface area contributed by atoms with E-state index in [0.717, 1.165) is 0 Å². The minimum Gasteiger partial charge on any atom is -0.493 e. The highest BCUT2D eigenvalue weighted by molar-refractivity contribution is 7.98. The van der Waals surface area contributed by atoms with Crippen LogP contribution < -0.4 is 39.7 Å². The van der Waals surface area contributed by atoms with Gasteiger partial charge in [-0.05, 0) is 48.8 Å². The van der Waals surface area contributed by atoms with Gasteiger partial charge in [0.05, 0.1) is 14.2 Å². The molecular weight excluding hydrogens is 620 g/mol. The van der Waals surface area contributed by atoms with Crippen molar-refractivity contribution in [2.24, 2.45) is 0 Å². The molecule has 0 saturated heterocycles. The topological polar surface area (TPSA) is 172 Å². The number of benzene rings is 3. The Bertz CT molecular complexity index is 1860. The van der Waals surface area contributed by atoms with Crippen molar-refractivity contribution in [1.29, 1.82) is 0 Å². The van der Waals surface area contributed by atoms with Gasteiger partial charge in [-0.1, -0.05) is 12.1 Å². The van der Waals surface area contributed by atoms with Gasteiger partial charge in [-0.2, -0.15) is 11.8 Å². The van der Waals surface area contributed by atoms with Crippen molar-refractivity contribution in [2.75, 3.05) is 44.9 Å². The SMILES string of the molecule is COc1cc2oc(-c3cccc(NC(=O)c4ccc5c(c4)OCO5)c3)cc(=O)c2c(OCC(=O)N[C@@H](CCSC)C(=O)O)c1OC. The summed E-state index contributed by atoms with van der Waals surface area (Å²) in [5.41, 5.74) is 0.874. The Morgan fingerprint density at radius 1 is 1.00 bits per heavy atom. The molecule has 1 aliphatic rings. The van der Waals surface area contributed by atoms with E-state index in [1.165, 1.54) is 38.1 Å². The number of carbonyl (C=O) groups is 3. The second-order valence-electron chi connectivity index (χ2n) is 9.92. The first kappa shape index (κ1) is 32.0. The molecule has 46 heavy (non-hydrogen) atoms. The van der Waals surface area contributed by atoms with Crippen molar-refractivity contribution in [3.63, 3.8) is 0 Å². The lowest BCUT2D eigenvalue weighted by Gasteiger charge is -2.17. The number of carbonyl (C=O) groups excluding carboxylic acids is 2. The smallest absolute Gasteiger partial charge is 0.326 e. The van der Waals surface area contributed by atoms with Gasteiger partial charge in [0.2, 0.25) is 12.5 Å². The Labute approximate surface area is 266 Å². The van der Waals surface area contributed by atoms with Gasteiger partial charge in [0, 0.05) is 28.9 Å². The van der Waals surface area contributed by atoms with Crippen LogP contribution in [0.4, 0.5) is 5.69 Å². The van der Waals surface area contributed by atoms with Crippen LogP contribution in [0.25, 0.3) is 22.3 Å². The summed E-state index contributed by atoms with van der Waals surface area (Å²) in [6.07, 6.45) is 2.06. The number of methoxy groups -OCH3 is 2. The van der Waals surface area contributed by atoms with Crippen molar-refractivity contribution in [3.05, 3.63) is 70.4 Å². The molecule has 1 aliphatic heterocycles. The maximum absolute atomic E-state index is 13.5. The minimum absolute atomic E-state index is 0.0152. The van der Waals surface area contributed by atoms with E-state index >= 15 is 0 Å². The van der Waals surface area contributed by atoms with Crippen LogP contribution in [0.2, 0.25) is 0 Å². The van der Waals surface area contributed by atoms with Gasteiger partial charge in [-0.25, -0.2) is 4.79 Å². The molecule has 13 nitrogen and oxygen atoms in total. The number of nitrogens with one attached hydrogen (secondary N) is 2. The van der Waals surface area contributed by atoms with E-state index in [2.05, 4.69) is 10.6 Å². The van der Waals surface area contributed by atoms with Gasteiger partial charge in [-0.15, -0.1) is 0 Å². The molecule has 3 aromatic carbocycles. The zero-order chi connectivity index (χ0) is 32.8. The molecule has 1 atom stereocenters. The highest BCUT2D eigenvalue weighted by atomic mass is 32.2. The molecule has 0 spiro atoms. The molecule has 4 aromatic rings. The summed E-state index contributed by atoms with van der Waals surface area (Å²) in [4.78, 5) is 50.6. The number of anilines is 1. The Morgan fingerprint density at radius 3 is 2.54 bits per heavy atom. The molecule has 0 unspecified atom stereocenters. The number of aliphatic carboxylic acids is 1. The van der Waals surface area contributed by atoms with Crippen LogP contribution in [0.1, 0.15) is 16.8 Å². The number of hydrogen-bond acceptors (Lipinski definition) is 11. The third kappa shape index (κ3) is 6.96. The quantitative estimate of drug-likeness (QED) is 0.189. The summed E-state index contributed by atoms with van der Waals surface area (Å²) < 4.78 is 33.4. The number of ether oxygens (including phenoxy) is 5. The van der Waals surface area contributed by atoms with Crippen molar-refractivity contribution in [1.82, 2.24) is 5.32 Å². The monoisotopic (exact) mass is 650 g/mol. The van der Waals surface area contributed by atoms with E-state index in [9.17, 15) is 24.3 Å². The van der Waals surface area contributed by atoms with Crippen molar-refractivity contribution in [2.45, 2.75) is 12.5 Å². The van der Waals surface area contributed by atoms with Crippen LogP contribution in [0.15, 0.2) is 63.8 Å². The summed E-state index contributed by atoms with van der Waals surface area (Å²) in [5.74, 6) is -0.382. The fourth-order valence-electron chi connectivity index (χ4n) is 4.73. The van der Waals surface area contributed by atoms with E-state index in [-0.39, 0.29) is 53.1 Å². The lowest BCUT2D eigenvalue weighted by Crippen LogP contribution is -2.43. The predicted octanol–water partition coefficient (Wildman–Crippen LogP) is 4.16. The molecule has 0 saturated carbocycles. The standard InChI is InChI=1S/C32H30N2O11S/c1-40-26-14-25-28(30(29(26)41-2)42-15-27(36)34-20(32(38)39)9-10-46-3)21(35)13-23(45-25)17-5-4-6-19(11-17)33-31(37)18-7-8-22-24(12-18)44-16-43-22/h4-8,11-14,20H,9-10,15-16H2,1-3H3,(H,33,37)(H,34,36)(H,38,39)/t20-/m0/s1. The van der Waals surface area contributed by atoms with Crippen molar-refractivity contribution < 1.29 is 47.6 Å². The molecule has 240 valence electrons. The summed E-state index contributed by atoms with van der Waals surface area (Å²) in [6, 6.07) is 13.2. The molecule has 2 heterocycles. The summed E-state index contributed by atoms with van der Waals surface area (Å²) in [7, 11) is 2.73. The number of amides is 2. The molecular formula is C32H30N2O11S. The zero-order valence-corrected chi connectivity index (χ0v) is 25.9. The summed E-state index contributed by atoms with van der Waals surface area (Å²) in [6.45, 7) is -0.513. The first-order valence-electron chi connectivity index (χ1n) is 13.9. The van der Waals surface area contributed by atoms with Gasteiger partial charge in [0.1, 0.15) is 22.8 Å². The number of thioether (sulfide) groups is 1. The fourth-order valence-corrected chi connectivity index (χ4v) is 5.20. The Hall–Kier alpha value is -5.37. The minimum atomic E-state index is -1.17. The third-order valence-corrected chi connectivity index (χ3v) is 7.59. The lowest BCUT2D eigenvalue weighted by molar-refractivity contribution is -0.142. The molecule has 0 fully saturated rings. The molecule has 0 radical (unpaired) electrons. The average molecular weight is 651 g/mol. The molecule has 5 rings (SSSR count). The number of hydrogen-bond donors (Lipinski definition) is 3. The largest absolute Gasteiger partial charge is 0.493 e. The van der Waals surface area contributed by atoms with Crippen LogP contribution in [0.5, 0.6) is 28.7 Å². The molecule has 3 N–H and O–H groups in total. The summed E-state index contributed by atoms with van der Waals surface area (Å²) >= 11 is 1.45. The van der Waals surface area contributed by atoms with Crippen LogP contribution in [-0.4, -0.2) is 68.6 Å². The van der Waals surface area contributed by atoms with Gasteiger partial charge in [0.15, 0.2) is 35.0 Å².